The molecule has 0 aliphatic carbocycles. The van der Waals surface area contributed by atoms with E-state index in [9.17, 15) is 0 Å². The van der Waals surface area contributed by atoms with Crippen molar-refractivity contribution >= 4 is 27.6 Å². The number of fused-ring (bicyclic) bond motifs is 3. The molecule has 4 rings (SSSR count). The summed E-state index contributed by atoms with van der Waals surface area (Å²) in [6.45, 7) is 13.8. The highest BCUT2D eigenvalue weighted by atomic mass is 16.3. The van der Waals surface area contributed by atoms with Crippen molar-refractivity contribution in [2.24, 2.45) is 7.05 Å². The Labute approximate surface area is 153 Å². The van der Waals surface area contributed by atoms with Crippen LogP contribution in [0.2, 0.25) is 0 Å². The molecule has 4 aromatic rings. The maximum Gasteiger partial charge on any atom is 0.216 e. The van der Waals surface area contributed by atoms with Crippen LogP contribution in [0.15, 0.2) is 53.1 Å². The van der Waals surface area contributed by atoms with E-state index in [1.165, 1.54) is 11.1 Å². The second kappa shape index (κ2) is 6.00. The summed E-state index contributed by atoms with van der Waals surface area (Å²) in [5.41, 5.74) is 7.00. The van der Waals surface area contributed by atoms with E-state index >= 15 is 0 Å². The number of benzene rings is 2. The molecule has 26 heavy (non-hydrogen) atoms. The monoisotopic (exact) mass is 341 g/mol. The van der Waals surface area contributed by atoms with Gasteiger partial charge in [-0.3, -0.25) is 0 Å². The van der Waals surface area contributed by atoms with Gasteiger partial charge in [0.25, 0.3) is 0 Å². The zero-order chi connectivity index (χ0) is 18.4. The van der Waals surface area contributed by atoms with Crippen molar-refractivity contribution in [3.05, 3.63) is 71.2 Å². The molecule has 2 aromatic heterocycles. The highest BCUT2D eigenvalue weighted by Gasteiger charge is 2.21. The summed E-state index contributed by atoms with van der Waals surface area (Å²) in [7, 11) is 2.07. The minimum Gasteiger partial charge on any atom is -0.456 e. The van der Waals surface area contributed by atoms with Crippen LogP contribution >= 0.6 is 0 Å². The van der Waals surface area contributed by atoms with Gasteiger partial charge >= 0.3 is 0 Å². The topological polar surface area (TPSA) is 21.4 Å². The lowest BCUT2D eigenvalue weighted by atomic mass is 9.97. The number of aryl methyl sites for hydroxylation is 2. The van der Waals surface area contributed by atoms with Crippen molar-refractivity contribution in [1.82, 2.24) is 0 Å². The van der Waals surface area contributed by atoms with Crippen molar-refractivity contribution in [2.75, 3.05) is 0 Å². The number of hydrogen-bond donors (Lipinski definition) is 0. The Balaban J connectivity index is 2.08. The van der Waals surface area contributed by atoms with E-state index in [0.717, 1.165) is 33.2 Å². The molecule has 0 unspecified atom stereocenters. The Kier molecular flexibility index (Phi) is 3.77. The summed E-state index contributed by atoms with van der Waals surface area (Å²) in [5, 5.41) is 2.14. The molecule has 0 spiro atoms. The third-order valence-corrected chi connectivity index (χ3v) is 5.06. The van der Waals surface area contributed by atoms with Crippen LogP contribution in [0.25, 0.3) is 38.0 Å². The predicted octanol–water partition coefficient (Wildman–Crippen LogP) is 6.06. The number of nitrogens with zero attached hydrogens (tertiary/aromatic N) is 2. The summed E-state index contributed by atoms with van der Waals surface area (Å²) in [4.78, 5) is 3.52. The molecular weight excluding hydrogens is 320 g/mol. The first-order chi connectivity index (χ1) is 12.5. The Morgan fingerprint density at radius 3 is 2.54 bits per heavy atom. The molecule has 0 saturated carbocycles. The van der Waals surface area contributed by atoms with Gasteiger partial charge in [0.15, 0.2) is 11.9 Å². The van der Waals surface area contributed by atoms with Gasteiger partial charge in [-0.1, -0.05) is 38.1 Å². The SMILES string of the molecule is [C-]#[N+]c1ccc2c(c1)oc1c(-c3cc(C(C)C)cc[n+]3C)c(C)ccc12. The van der Waals surface area contributed by atoms with Crippen molar-refractivity contribution in [1.29, 1.82) is 0 Å². The number of pyridine rings is 1. The van der Waals surface area contributed by atoms with E-state index in [1.807, 2.05) is 18.2 Å². The van der Waals surface area contributed by atoms with Gasteiger partial charge in [-0.2, -0.15) is 0 Å². The van der Waals surface area contributed by atoms with Crippen LogP contribution in [0.1, 0.15) is 30.9 Å². The second-order valence-corrected chi connectivity index (χ2v) is 7.14. The molecule has 0 saturated heterocycles. The summed E-state index contributed by atoms with van der Waals surface area (Å²) in [5.74, 6) is 0.464. The minimum absolute atomic E-state index is 0.464. The number of hydrogen-bond acceptors (Lipinski definition) is 1. The second-order valence-electron chi connectivity index (χ2n) is 7.14. The van der Waals surface area contributed by atoms with Crippen molar-refractivity contribution in [3.63, 3.8) is 0 Å². The molecule has 0 atom stereocenters. The van der Waals surface area contributed by atoms with Gasteiger partial charge in [-0.15, -0.1) is 0 Å². The van der Waals surface area contributed by atoms with E-state index in [4.69, 9.17) is 11.0 Å². The lowest BCUT2D eigenvalue weighted by molar-refractivity contribution is -0.660. The van der Waals surface area contributed by atoms with Gasteiger partial charge in [0, 0.05) is 22.9 Å². The molecule has 3 heteroatoms. The van der Waals surface area contributed by atoms with Crippen LogP contribution in [-0.4, -0.2) is 0 Å². The van der Waals surface area contributed by atoms with Gasteiger partial charge in [-0.25, -0.2) is 9.41 Å². The van der Waals surface area contributed by atoms with E-state index in [1.54, 1.807) is 0 Å². The average molecular weight is 341 g/mol. The van der Waals surface area contributed by atoms with Crippen molar-refractivity contribution in [3.8, 4) is 11.3 Å². The van der Waals surface area contributed by atoms with Gasteiger partial charge in [0.1, 0.15) is 18.2 Å². The number of rotatable bonds is 2. The Morgan fingerprint density at radius 1 is 1.04 bits per heavy atom. The number of aromatic nitrogens is 1. The van der Waals surface area contributed by atoms with Crippen LogP contribution in [0.4, 0.5) is 5.69 Å². The maximum absolute atomic E-state index is 7.24. The molecule has 0 amide bonds. The van der Waals surface area contributed by atoms with Gasteiger partial charge in [0.2, 0.25) is 5.69 Å². The van der Waals surface area contributed by atoms with E-state index in [-0.39, 0.29) is 0 Å². The predicted molar refractivity (Wildman–Crippen MR) is 105 cm³/mol. The first kappa shape index (κ1) is 16.4. The Morgan fingerprint density at radius 2 is 1.81 bits per heavy atom. The van der Waals surface area contributed by atoms with E-state index < -0.39 is 0 Å². The zero-order valence-corrected chi connectivity index (χ0v) is 15.5. The molecule has 0 aliphatic heterocycles. The molecule has 3 nitrogen and oxygen atoms in total. The largest absolute Gasteiger partial charge is 0.456 e. The van der Waals surface area contributed by atoms with Crippen molar-refractivity contribution in [2.45, 2.75) is 26.7 Å². The standard InChI is InChI=1S/C23H21N2O/c1-14(2)16-10-11-25(5)20(12-16)22-15(3)6-8-19-18-9-7-17(24-4)13-21(18)26-23(19)22/h6-14H,1-3,5H3/q+1. The van der Waals surface area contributed by atoms with Crippen LogP contribution in [0.5, 0.6) is 0 Å². The molecule has 0 bridgehead atoms. The Hall–Kier alpha value is -3.12. The van der Waals surface area contributed by atoms with Crippen molar-refractivity contribution < 1.29 is 8.98 Å². The van der Waals surface area contributed by atoms with E-state index in [0.29, 0.717) is 11.6 Å². The zero-order valence-electron chi connectivity index (χ0n) is 15.5. The quantitative estimate of drug-likeness (QED) is 0.321. The average Bonchev–Trinajstić information content (AvgIpc) is 2.99. The molecule has 0 fully saturated rings. The fraction of sp³-hybridized carbons (Fsp3) is 0.217. The van der Waals surface area contributed by atoms with Crippen LogP contribution in [0, 0.1) is 13.5 Å². The lowest BCUT2D eigenvalue weighted by Crippen LogP contribution is -2.31. The van der Waals surface area contributed by atoms with Gasteiger partial charge in [-0.05, 0) is 30.0 Å². The summed E-state index contributed by atoms with van der Waals surface area (Å²) in [6, 6.07) is 14.4. The third kappa shape index (κ3) is 2.46. The van der Waals surface area contributed by atoms with Gasteiger partial charge < -0.3 is 4.42 Å². The molecule has 0 N–H and O–H groups in total. The fourth-order valence-corrected chi connectivity index (χ4v) is 3.51. The Bertz CT molecular complexity index is 1190. The van der Waals surface area contributed by atoms with Crippen LogP contribution in [-0.2, 0) is 7.05 Å². The first-order valence-electron chi connectivity index (χ1n) is 8.83. The molecular formula is C23H21N2O+. The van der Waals surface area contributed by atoms with Crippen LogP contribution in [0.3, 0.4) is 0 Å². The molecule has 128 valence electrons. The molecule has 0 radical (unpaired) electrons. The first-order valence-corrected chi connectivity index (χ1v) is 8.83. The minimum atomic E-state index is 0.464. The van der Waals surface area contributed by atoms with Gasteiger partial charge in [0.05, 0.1) is 12.1 Å². The smallest absolute Gasteiger partial charge is 0.216 e. The highest BCUT2D eigenvalue weighted by Crippen LogP contribution is 2.38. The van der Waals surface area contributed by atoms with E-state index in [2.05, 4.69) is 67.7 Å². The summed E-state index contributed by atoms with van der Waals surface area (Å²) < 4.78 is 8.40. The molecule has 2 aromatic carbocycles. The highest BCUT2D eigenvalue weighted by molar-refractivity contribution is 6.10. The fourth-order valence-electron chi connectivity index (χ4n) is 3.51. The molecule has 2 heterocycles. The summed E-state index contributed by atoms with van der Waals surface area (Å²) >= 11 is 0. The third-order valence-electron chi connectivity index (χ3n) is 5.06. The maximum atomic E-state index is 7.24. The lowest BCUT2D eigenvalue weighted by Gasteiger charge is -2.09. The number of furan rings is 1. The molecule has 0 aliphatic rings. The summed E-state index contributed by atoms with van der Waals surface area (Å²) in [6.07, 6.45) is 2.11. The van der Waals surface area contributed by atoms with Crippen LogP contribution < -0.4 is 4.57 Å². The normalized spacial score (nSPS) is 11.4.